The highest BCUT2D eigenvalue weighted by Crippen LogP contribution is 2.26. The smallest absolute Gasteiger partial charge is 0.0553 e. The van der Waals surface area contributed by atoms with E-state index in [0.717, 1.165) is 24.5 Å². The molecule has 3 aromatic rings. The molecule has 0 aliphatic rings. The molecule has 0 atom stereocenters. The zero-order valence-corrected chi connectivity index (χ0v) is 13.9. The van der Waals surface area contributed by atoms with Gasteiger partial charge in [-0.1, -0.05) is 29.8 Å². The summed E-state index contributed by atoms with van der Waals surface area (Å²) in [6.45, 7) is 3.65. The third-order valence-electron chi connectivity index (χ3n) is 3.38. The normalized spacial score (nSPS) is 10.9. The van der Waals surface area contributed by atoms with E-state index in [4.69, 9.17) is 0 Å². The van der Waals surface area contributed by atoms with Crippen molar-refractivity contribution in [2.45, 2.75) is 24.9 Å². The first-order chi connectivity index (χ1) is 11.3. The third kappa shape index (κ3) is 4.91. The minimum absolute atomic E-state index is 0.774. The van der Waals surface area contributed by atoms with Gasteiger partial charge in [0.2, 0.25) is 0 Å². The second-order valence-corrected chi connectivity index (χ2v) is 6.51. The average Bonchev–Trinajstić information content (AvgIpc) is 2.59. The SMILES string of the molecule is Cc1ccc(SN(Cc2ccccn2)Cc2ccccn2)cc1. The maximum atomic E-state index is 4.44. The monoisotopic (exact) mass is 321 g/mol. The van der Waals surface area contributed by atoms with Crippen LogP contribution in [0.25, 0.3) is 0 Å². The molecule has 3 rings (SSSR count). The van der Waals surface area contributed by atoms with Gasteiger partial charge in [0.1, 0.15) is 0 Å². The number of nitrogens with zero attached hydrogens (tertiary/aromatic N) is 3. The number of pyridine rings is 2. The zero-order valence-electron chi connectivity index (χ0n) is 13.1. The first-order valence-electron chi connectivity index (χ1n) is 7.59. The van der Waals surface area contributed by atoms with Crippen molar-refractivity contribution in [2.24, 2.45) is 0 Å². The van der Waals surface area contributed by atoms with Crippen LogP contribution in [-0.2, 0) is 13.1 Å². The van der Waals surface area contributed by atoms with Gasteiger partial charge in [-0.3, -0.25) is 9.97 Å². The van der Waals surface area contributed by atoms with E-state index >= 15 is 0 Å². The lowest BCUT2D eigenvalue weighted by molar-refractivity contribution is 0.449. The molecule has 4 heteroatoms. The van der Waals surface area contributed by atoms with Crippen molar-refractivity contribution < 1.29 is 0 Å². The number of rotatable bonds is 6. The van der Waals surface area contributed by atoms with E-state index < -0.39 is 0 Å². The highest BCUT2D eigenvalue weighted by molar-refractivity contribution is 7.97. The molecule has 1 aromatic carbocycles. The van der Waals surface area contributed by atoms with Crippen molar-refractivity contribution in [1.82, 2.24) is 14.3 Å². The van der Waals surface area contributed by atoms with E-state index in [1.807, 2.05) is 36.7 Å². The molecule has 0 radical (unpaired) electrons. The van der Waals surface area contributed by atoms with Crippen LogP contribution in [0, 0.1) is 6.92 Å². The van der Waals surface area contributed by atoms with E-state index in [2.05, 4.69) is 57.6 Å². The lowest BCUT2D eigenvalue weighted by atomic mass is 10.2. The van der Waals surface area contributed by atoms with Crippen LogP contribution in [0.4, 0.5) is 0 Å². The Balaban J connectivity index is 1.76. The number of aromatic nitrogens is 2. The van der Waals surface area contributed by atoms with Crippen molar-refractivity contribution in [3.05, 3.63) is 90.0 Å². The summed E-state index contributed by atoms with van der Waals surface area (Å²) in [7, 11) is 0. The average molecular weight is 321 g/mol. The highest BCUT2D eigenvalue weighted by Gasteiger charge is 2.10. The Morgan fingerprint density at radius 1 is 0.783 bits per heavy atom. The fourth-order valence-corrected chi connectivity index (χ4v) is 3.16. The predicted molar refractivity (Wildman–Crippen MR) is 94.8 cm³/mol. The maximum absolute atomic E-state index is 4.44. The lowest BCUT2D eigenvalue weighted by Crippen LogP contribution is -2.16. The molecule has 0 aliphatic carbocycles. The van der Waals surface area contributed by atoms with Gasteiger partial charge in [0.25, 0.3) is 0 Å². The van der Waals surface area contributed by atoms with E-state index in [1.165, 1.54) is 10.5 Å². The van der Waals surface area contributed by atoms with Gasteiger partial charge in [-0.05, 0) is 55.3 Å². The molecule has 0 spiro atoms. The second kappa shape index (κ2) is 7.90. The van der Waals surface area contributed by atoms with Gasteiger partial charge < -0.3 is 0 Å². The Hall–Kier alpha value is -2.17. The Bertz CT molecular complexity index is 673. The summed E-state index contributed by atoms with van der Waals surface area (Å²) >= 11 is 1.74. The van der Waals surface area contributed by atoms with Crippen molar-refractivity contribution in [3.63, 3.8) is 0 Å². The van der Waals surface area contributed by atoms with Crippen LogP contribution >= 0.6 is 11.9 Å². The highest BCUT2D eigenvalue weighted by atomic mass is 32.2. The Kier molecular flexibility index (Phi) is 5.40. The summed E-state index contributed by atoms with van der Waals surface area (Å²) < 4.78 is 2.29. The van der Waals surface area contributed by atoms with Crippen LogP contribution in [0.15, 0.2) is 78.0 Å². The first kappa shape index (κ1) is 15.7. The van der Waals surface area contributed by atoms with Crippen molar-refractivity contribution in [1.29, 1.82) is 0 Å². The molecule has 2 aromatic heterocycles. The topological polar surface area (TPSA) is 29.0 Å². The fraction of sp³-hybridized carbons (Fsp3) is 0.158. The molecular weight excluding hydrogens is 302 g/mol. The zero-order chi connectivity index (χ0) is 15.9. The van der Waals surface area contributed by atoms with Crippen LogP contribution in [0.3, 0.4) is 0 Å². The van der Waals surface area contributed by atoms with Crippen LogP contribution in [-0.4, -0.2) is 14.3 Å². The number of aryl methyl sites for hydroxylation is 1. The summed E-state index contributed by atoms with van der Waals surface area (Å²) in [6.07, 6.45) is 3.68. The minimum Gasteiger partial charge on any atom is -0.260 e. The minimum atomic E-state index is 0.774. The van der Waals surface area contributed by atoms with Crippen LogP contribution in [0.1, 0.15) is 17.0 Å². The molecule has 0 amide bonds. The number of hydrogen-bond donors (Lipinski definition) is 0. The van der Waals surface area contributed by atoms with E-state index in [9.17, 15) is 0 Å². The fourth-order valence-electron chi connectivity index (χ4n) is 2.21. The molecule has 0 N–H and O–H groups in total. The second-order valence-electron chi connectivity index (χ2n) is 5.34. The molecule has 23 heavy (non-hydrogen) atoms. The van der Waals surface area contributed by atoms with Gasteiger partial charge in [-0.2, -0.15) is 0 Å². The van der Waals surface area contributed by atoms with E-state index in [-0.39, 0.29) is 0 Å². The maximum Gasteiger partial charge on any atom is 0.0553 e. The Labute approximate surface area is 141 Å². The third-order valence-corrected chi connectivity index (χ3v) is 4.38. The van der Waals surface area contributed by atoms with Gasteiger partial charge in [0, 0.05) is 17.3 Å². The van der Waals surface area contributed by atoms with Crippen molar-refractivity contribution >= 4 is 11.9 Å². The molecule has 0 aliphatic heterocycles. The first-order valence-corrected chi connectivity index (χ1v) is 8.36. The van der Waals surface area contributed by atoms with Gasteiger partial charge in [0.05, 0.1) is 24.5 Å². The predicted octanol–water partition coefficient (Wildman–Crippen LogP) is 4.49. The summed E-state index contributed by atoms with van der Waals surface area (Å²) in [5.74, 6) is 0. The molecule has 116 valence electrons. The summed E-state index contributed by atoms with van der Waals surface area (Å²) in [5, 5.41) is 0. The molecule has 0 saturated carbocycles. The largest absolute Gasteiger partial charge is 0.260 e. The van der Waals surface area contributed by atoms with Gasteiger partial charge >= 0.3 is 0 Å². The molecule has 0 saturated heterocycles. The molecular formula is C19H19N3S. The summed E-state index contributed by atoms with van der Waals surface area (Å²) in [4.78, 5) is 10.1. The van der Waals surface area contributed by atoms with Gasteiger partial charge in [0.15, 0.2) is 0 Å². The molecule has 0 unspecified atom stereocenters. The lowest BCUT2D eigenvalue weighted by Gasteiger charge is -2.20. The van der Waals surface area contributed by atoms with E-state index in [1.54, 1.807) is 11.9 Å². The van der Waals surface area contributed by atoms with Gasteiger partial charge in [-0.25, -0.2) is 4.31 Å². The molecule has 0 fully saturated rings. The standard InChI is InChI=1S/C19H19N3S/c1-16-8-10-19(11-9-16)23-22(14-17-6-2-4-12-20-17)15-18-7-3-5-13-21-18/h2-13H,14-15H2,1H3. The van der Waals surface area contributed by atoms with Crippen LogP contribution in [0.2, 0.25) is 0 Å². The summed E-state index contributed by atoms with van der Waals surface area (Å²) in [6, 6.07) is 20.6. The summed E-state index contributed by atoms with van der Waals surface area (Å²) in [5.41, 5.74) is 3.39. The number of benzene rings is 1. The van der Waals surface area contributed by atoms with Crippen LogP contribution < -0.4 is 0 Å². The van der Waals surface area contributed by atoms with Gasteiger partial charge in [-0.15, -0.1) is 0 Å². The molecule has 0 bridgehead atoms. The molecule has 2 heterocycles. The van der Waals surface area contributed by atoms with E-state index in [0.29, 0.717) is 0 Å². The van der Waals surface area contributed by atoms with Crippen LogP contribution in [0.5, 0.6) is 0 Å². The number of hydrogen-bond acceptors (Lipinski definition) is 4. The quantitative estimate of drug-likeness (QED) is 0.625. The Morgan fingerprint density at radius 3 is 1.83 bits per heavy atom. The van der Waals surface area contributed by atoms with Crippen molar-refractivity contribution in [3.8, 4) is 0 Å². The molecule has 3 nitrogen and oxygen atoms in total. The Morgan fingerprint density at radius 2 is 1.35 bits per heavy atom. The van der Waals surface area contributed by atoms with Crippen molar-refractivity contribution in [2.75, 3.05) is 0 Å².